The molecule has 0 aliphatic rings. The first-order valence-electron chi connectivity index (χ1n) is 5.53. The number of carboxylic acid groups (broad SMARTS) is 1. The van der Waals surface area contributed by atoms with Crippen LogP contribution in [0, 0.1) is 0 Å². The summed E-state index contributed by atoms with van der Waals surface area (Å²) in [5, 5.41) is 11.5. The summed E-state index contributed by atoms with van der Waals surface area (Å²) < 4.78 is 0. The lowest BCUT2D eigenvalue weighted by molar-refractivity contribution is -0.138. The van der Waals surface area contributed by atoms with Crippen LogP contribution in [0.25, 0.3) is 0 Å². The fraction of sp³-hybridized carbons (Fsp3) is 0.308. The SMILES string of the molecule is CNC(/C=C(\N)CCc1ccccc1)C(=O)O. The normalized spacial score (nSPS) is 13.4. The van der Waals surface area contributed by atoms with Crippen molar-refractivity contribution < 1.29 is 9.90 Å². The maximum atomic E-state index is 10.8. The van der Waals surface area contributed by atoms with Crippen LogP contribution in [0.2, 0.25) is 0 Å². The van der Waals surface area contributed by atoms with Gasteiger partial charge in [0.25, 0.3) is 0 Å². The molecule has 4 N–H and O–H groups in total. The lowest BCUT2D eigenvalue weighted by Gasteiger charge is -2.08. The minimum Gasteiger partial charge on any atom is -0.480 e. The third-order valence-corrected chi connectivity index (χ3v) is 2.50. The molecule has 0 amide bonds. The number of hydrogen-bond acceptors (Lipinski definition) is 3. The van der Waals surface area contributed by atoms with Gasteiger partial charge in [-0.2, -0.15) is 0 Å². The average Bonchev–Trinajstić information content (AvgIpc) is 2.34. The lowest BCUT2D eigenvalue weighted by atomic mass is 10.1. The van der Waals surface area contributed by atoms with Crippen LogP contribution in [0.4, 0.5) is 0 Å². The summed E-state index contributed by atoms with van der Waals surface area (Å²) in [6, 6.07) is 9.25. The summed E-state index contributed by atoms with van der Waals surface area (Å²) in [5.41, 5.74) is 7.58. The molecule has 1 rings (SSSR count). The molecule has 1 aromatic rings. The molecule has 0 bridgehead atoms. The maximum Gasteiger partial charge on any atom is 0.324 e. The van der Waals surface area contributed by atoms with E-state index >= 15 is 0 Å². The number of likely N-dealkylation sites (N-methyl/N-ethyl adjacent to an activating group) is 1. The van der Waals surface area contributed by atoms with E-state index in [-0.39, 0.29) is 0 Å². The van der Waals surface area contributed by atoms with E-state index in [0.717, 1.165) is 6.42 Å². The van der Waals surface area contributed by atoms with Gasteiger partial charge in [0.15, 0.2) is 0 Å². The van der Waals surface area contributed by atoms with Gasteiger partial charge in [-0.25, -0.2) is 0 Å². The minimum absolute atomic E-state index is 0.593. The summed E-state index contributed by atoms with van der Waals surface area (Å²) in [5.74, 6) is -0.921. The average molecular weight is 234 g/mol. The van der Waals surface area contributed by atoms with Crippen LogP contribution < -0.4 is 11.1 Å². The van der Waals surface area contributed by atoms with Crippen molar-refractivity contribution in [2.75, 3.05) is 7.05 Å². The third kappa shape index (κ3) is 4.70. The third-order valence-electron chi connectivity index (χ3n) is 2.50. The summed E-state index contributed by atoms with van der Waals surface area (Å²) in [4.78, 5) is 10.8. The molecule has 0 aliphatic heterocycles. The molecule has 1 aromatic carbocycles. The van der Waals surface area contributed by atoms with Crippen LogP contribution in [0.5, 0.6) is 0 Å². The van der Waals surface area contributed by atoms with Crippen molar-refractivity contribution in [3.63, 3.8) is 0 Å². The molecular formula is C13H18N2O2. The summed E-state index contributed by atoms with van der Waals surface area (Å²) in [7, 11) is 1.60. The zero-order valence-electron chi connectivity index (χ0n) is 9.89. The Labute approximate surface area is 101 Å². The Morgan fingerprint density at radius 2 is 2.12 bits per heavy atom. The molecule has 92 valence electrons. The smallest absolute Gasteiger partial charge is 0.324 e. The standard InChI is InChI=1S/C13H18N2O2/c1-15-12(13(16)17)9-11(14)8-7-10-5-3-2-4-6-10/h2-6,9,12,15H,7-8,14H2,1H3,(H,16,17)/b11-9-. The van der Waals surface area contributed by atoms with Crippen molar-refractivity contribution in [2.24, 2.45) is 5.73 Å². The van der Waals surface area contributed by atoms with E-state index in [9.17, 15) is 4.79 Å². The largest absolute Gasteiger partial charge is 0.480 e. The van der Waals surface area contributed by atoms with Crippen LogP contribution in [0.3, 0.4) is 0 Å². The Morgan fingerprint density at radius 1 is 1.47 bits per heavy atom. The number of benzene rings is 1. The second-order valence-electron chi connectivity index (χ2n) is 3.83. The molecule has 0 spiro atoms. The highest BCUT2D eigenvalue weighted by molar-refractivity contribution is 5.75. The Kier molecular flexibility index (Phi) is 5.23. The highest BCUT2D eigenvalue weighted by Crippen LogP contribution is 2.06. The van der Waals surface area contributed by atoms with Gasteiger partial charge < -0.3 is 16.2 Å². The first kappa shape index (κ1) is 13.3. The Hall–Kier alpha value is -1.81. The van der Waals surface area contributed by atoms with E-state index in [1.807, 2.05) is 30.3 Å². The van der Waals surface area contributed by atoms with Crippen LogP contribution in [-0.4, -0.2) is 24.2 Å². The maximum absolute atomic E-state index is 10.8. The van der Waals surface area contributed by atoms with E-state index < -0.39 is 12.0 Å². The minimum atomic E-state index is -0.921. The Morgan fingerprint density at radius 3 is 2.65 bits per heavy atom. The van der Waals surface area contributed by atoms with Gasteiger partial charge in [-0.1, -0.05) is 30.3 Å². The predicted octanol–water partition coefficient (Wildman–Crippen LogP) is 1.13. The van der Waals surface area contributed by atoms with Crippen molar-refractivity contribution in [2.45, 2.75) is 18.9 Å². The summed E-state index contributed by atoms with van der Waals surface area (Å²) >= 11 is 0. The lowest BCUT2D eigenvalue weighted by Crippen LogP contribution is -2.32. The first-order chi connectivity index (χ1) is 8.13. The van der Waals surface area contributed by atoms with E-state index in [0.29, 0.717) is 12.1 Å². The van der Waals surface area contributed by atoms with Gasteiger partial charge >= 0.3 is 5.97 Å². The number of carboxylic acids is 1. The number of aryl methyl sites for hydroxylation is 1. The van der Waals surface area contributed by atoms with Crippen molar-refractivity contribution in [3.05, 3.63) is 47.7 Å². The number of nitrogens with two attached hydrogens (primary N) is 1. The van der Waals surface area contributed by atoms with Crippen molar-refractivity contribution in [1.29, 1.82) is 0 Å². The number of allylic oxidation sites excluding steroid dienone is 1. The van der Waals surface area contributed by atoms with Crippen molar-refractivity contribution in [1.82, 2.24) is 5.32 Å². The molecule has 4 heteroatoms. The Balaban J connectivity index is 2.51. The summed E-state index contributed by atoms with van der Waals surface area (Å²) in [6.07, 6.45) is 3.03. The molecule has 0 fully saturated rings. The highest BCUT2D eigenvalue weighted by Gasteiger charge is 2.11. The van der Waals surface area contributed by atoms with Crippen LogP contribution in [0.15, 0.2) is 42.1 Å². The van der Waals surface area contributed by atoms with Gasteiger partial charge in [0.2, 0.25) is 0 Å². The number of nitrogens with one attached hydrogen (secondary N) is 1. The molecule has 0 aliphatic carbocycles. The number of hydrogen-bond donors (Lipinski definition) is 3. The Bertz CT molecular complexity index is 388. The monoisotopic (exact) mass is 234 g/mol. The van der Waals surface area contributed by atoms with E-state index in [1.165, 1.54) is 5.56 Å². The fourth-order valence-electron chi connectivity index (χ4n) is 1.51. The fourth-order valence-corrected chi connectivity index (χ4v) is 1.51. The molecule has 4 nitrogen and oxygen atoms in total. The van der Waals surface area contributed by atoms with E-state index in [4.69, 9.17) is 10.8 Å². The molecule has 0 radical (unpaired) electrons. The van der Waals surface area contributed by atoms with Crippen LogP contribution in [0.1, 0.15) is 12.0 Å². The topological polar surface area (TPSA) is 75.3 Å². The van der Waals surface area contributed by atoms with Crippen LogP contribution in [-0.2, 0) is 11.2 Å². The molecular weight excluding hydrogens is 216 g/mol. The second kappa shape index (κ2) is 6.70. The van der Waals surface area contributed by atoms with Gasteiger partial charge in [0.05, 0.1) is 0 Å². The first-order valence-corrected chi connectivity index (χ1v) is 5.53. The van der Waals surface area contributed by atoms with E-state index in [1.54, 1.807) is 13.1 Å². The molecule has 0 saturated carbocycles. The molecule has 1 atom stereocenters. The molecule has 0 heterocycles. The predicted molar refractivity (Wildman–Crippen MR) is 67.5 cm³/mol. The van der Waals surface area contributed by atoms with Crippen molar-refractivity contribution >= 4 is 5.97 Å². The van der Waals surface area contributed by atoms with Gasteiger partial charge in [-0.15, -0.1) is 0 Å². The second-order valence-corrected chi connectivity index (χ2v) is 3.83. The van der Waals surface area contributed by atoms with Gasteiger partial charge in [-0.05, 0) is 31.5 Å². The summed E-state index contributed by atoms with van der Waals surface area (Å²) in [6.45, 7) is 0. The molecule has 17 heavy (non-hydrogen) atoms. The van der Waals surface area contributed by atoms with Gasteiger partial charge in [0, 0.05) is 5.70 Å². The zero-order chi connectivity index (χ0) is 12.7. The quantitative estimate of drug-likeness (QED) is 0.690. The van der Waals surface area contributed by atoms with Gasteiger partial charge in [0.1, 0.15) is 6.04 Å². The molecule has 1 unspecified atom stereocenters. The van der Waals surface area contributed by atoms with E-state index in [2.05, 4.69) is 5.32 Å². The zero-order valence-corrected chi connectivity index (χ0v) is 9.89. The number of rotatable bonds is 6. The number of carbonyl (C=O) groups is 1. The van der Waals surface area contributed by atoms with Gasteiger partial charge in [-0.3, -0.25) is 4.79 Å². The molecule has 0 aromatic heterocycles. The highest BCUT2D eigenvalue weighted by atomic mass is 16.4. The molecule has 0 saturated heterocycles. The van der Waals surface area contributed by atoms with Crippen molar-refractivity contribution in [3.8, 4) is 0 Å². The number of aliphatic carboxylic acids is 1. The van der Waals surface area contributed by atoms with Crippen LogP contribution >= 0.6 is 0 Å².